The maximum absolute atomic E-state index is 10.7. The minimum atomic E-state index is -0.975. The van der Waals surface area contributed by atoms with E-state index in [1.807, 2.05) is 0 Å². The lowest BCUT2D eigenvalue weighted by Gasteiger charge is -2.06. The molecule has 0 bridgehead atoms. The molecule has 0 heterocycles. The molecule has 1 N–H and O–H groups in total. The number of carbonyl (C=O) groups is 1. The summed E-state index contributed by atoms with van der Waals surface area (Å²) in [5.41, 5.74) is 0.794. The van der Waals surface area contributed by atoms with Crippen LogP contribution in [0.3, 0.4) is 0 Å². The van der Waals surface area contributed by atoms with Gasteiger partial charge >= 0.3 is 5.97 Å². The smallest absolute Gasteiger partial charge is 0.331 e. The minimum absolute atomic E-state index is 0.210. The first kappa shape index (κ1) is 11.6. The number of aliphatic carboxylic acids is 1. The third kappa shape index (κ3) is 2.73. The van der Waals surface area contributed by atoms with Gasteiger partial charge in [0.15, 0.2) is 0 Å². The number of carboxylic acids is 1. The van der Waals surface area contributed by atoms with E-state index in [0.717, 1.165) is 0 Å². The summed E-state index contributed by atoms with van der Waals surface area (Å²) in [5, 5.41) is 9.21. The van der Waals surface area contributed by atoms with Gasteiger partial charge in [-0.3, -0.25) is 0 Å². The number of rotatable bonds is 3. The van der Waals surface area contributed by atoms with Crippen molar-refractivity contribution < 1.29 is 14.6 Å². The van der Waals surface area contributed by atoms with E-state index in [-0.39, 0.29) is 5.57 Å². The maximum Gasteiger partial charge on any atom is 0.331 e. The summed E-state index contributed by atoms with van der Waals surface area (Å²) >= 11 is 5.94. The number of hydrogen-bond donors (Lipinski definition) is 1. The predicted molar refractivity (Wildman–Crippen MR) is 59.3 cm³/mol. The number of methoxy groups -OCH3 is 1. The van der Waals surface area contributed by atoms with Gasteiger partial charge < -0.3 is 9.84 Å². The third-order valence-electron chi connectivity index (χ3n) is 1.93. The van der Waals surface area contributed by atoms with Gasteiger partial charge in [0.2, 0.25) is 0 Å². The molecule has 0 atom stereocenters. The zero-order chi connectivity index (χ0) is 11.4. The lowest BCUT2D eigenvalue weighted by molar-refractivity contribution is -0.132. The monoisotopic (exact) mass is 226 g/mol. The second-order valence-electron chi connectivity index (χ2n) is 2.99. The van der Waals surface area contributed by atoms with E-state index in [0.29, 0.717) is 16.3 Å². The zero-order valence-corrected chi connectivity index (χ0v) is 9.21. The van der Waals surface area contributed by atoms with Crippen LogP contribution in [-0.2, 0) is 4.79 Å². The second kappa shape index (κ2) is 4.84. The Hall–Kier alpha value is -1.48. The second-order valence-corrected chi connectivity index (χ2v) is 3.40. The highest BCUT2D eigenvalue weighted by Crippen LogP contribution is 2.28. The van der Waals surface area contributed by atoms with Crippen LogP contribution in [-0.4, -0.2) is 18.2 Å². The molecule has 0 aliphatic heterocycles. The molecule has 80 valence electrons. The van der Waals surface area contributed by atoms with Crippen LogP contribution in [0.2, 0.25) is 5.02 Å². The highest BCUT2D eigenvalue weighted by Gasteiger charge is 2.07. The van der Waals surface area contributed by atoms with E-state index in [1.54, 1.807) is 18.2 Å². The number of carboxylic acid groups (broad SMARTS) is 1. The van der Waals surface area contributed by atoms with Gasteiger partial charge in [-0.25, -0.2) is 4.79 Å². The molecule has 0 saturated carbocycles. The van der Waals surface area contributed by atoms with E-state index < -0.39 is 5.97 Å². The topological polar surface area (TPSA) is 46.5 Å². The number of halogens is 1. The highest BCUT2D eigenvalue weighted by molar-refractivity contribution is 6.32. The van der Waals surface area contributed by atoms with E-state index in [1.165, 1.54) is 20.1 Å². The Bertz CT molecular complexity index is 410. The van der Waals surface area contributed by atoms with Gasteiger partial charge in [-0.05, 0) is 25.1 Å². The van der Waals surface area contributed by atoms with Crippen molar-refractivity contribution in [1.82, 2.24) is 0 Å². The molecular weight excluding hydrogens is 216 g/mol. The molecule has 1 aromatic carbocycles. The molecule has 4 heteroatoms. The summed E-state index contributed by atoms with van der Waals surface area (Å²) in [7, 11) is 1.51. The van der Waals surface area contributed by atoms with Crippen LogP contribution in [0.1, 0.15) is 12.5 Å². The fourth-order valence-electron chi connectivity index (χ4n) is 1.11. The molecule has 1 rings (SSSR count). The van der Waals surface area contributed by atoms with Crippen molar-refractivity contribution in [2.24, 2.45) is 0 Å². The van der Waals surface area contributed by atoms with Crippen molar-refractivity contribution in [3.63, 3.8) is 0 Å². The Morgan fingerprint density at radius 2 is 2.20 bits per heavy atom. The SMILES string of the molecule is COc1cccc(Cl)c1/C=C(/C)C(=O)O. The number of benzene rings is 1. The van der Waals surface area contributed by atoms with E-state index in [4.69, 9.17) is 21.4 Å². The molecule has 0 unspecified atom stereocenters. The standard InChI is InChI=1S/C11H11ClO3/c1-7(11(13)14)6-8-9(12)4-3-5-10(8)15-2/h3-6H,1-2H3,(H,13,14)/b7-6-. The van der Waals surface area contributed by atoms with Gasteiger partial charge in [-0.2, -0.15) is 0 Å². The van der Waals surface area contributed by atoms with Gasteiger partial charge in [0.25, 0.3) is 0 Å². The Labute approximate surface area is 92.9 Å². The van der Waals surface area contributed by atoms with E-state index >= 15 is 0 Å². The Morgan fingerprint density at radius 3 is 2.73 bits per heavy atom. The lowest BCUT2D eigenvalue weighted by atomic mass is 10.1. The van der Waals surface area contributed by atoms with Crippen molar-refractivity contribution in [2.45, 2.75) is 6.92 Å². The fraction of sp³-hybridized carbons (Fsp3) is 0.182. The Kier molecular flexibility index (Phi) is 3.74. The van der Waals surface area contributed by atoms with Crippen LogP contribution in [0.4, 0.5) is 0 Å². The molecule has 0 aliphatic carbocycles. The molecule has 0 fully saturated rings. The number of ether oxygens (including phenoxy) is 1. The predicted octanol–water partition coefficient (Wildman–Crippen LogP) is 2.84. The summed E-state index contributed by atoms with van der Waals surface area (Å²) in [4.78, 5) is 10.7. The first-order valence-corrected chi connectivity index (χ1v) is 4.68. The maximum atomic E-state index is 10.7. The molecular formula is C11H11ClO3. The van der Waals surface area contributed by atoms with Gasteiger partial charge in [-0.15, -0.1) is 0 Å². The Morgan fingerprint density at radius 1 is 1.53 bits per heavy atom. The zero-order valence-electron chi connectivity index (χ0n) is 8.45. The molecule has 1 aromatic rings. The van der Waals surface area contributed by atoms with Crippen molar-refractivity contribution in [2.75, 3.05) is 7.11 Å². The molecule has 3 nitrogen and oxygen atoms in total. The normalized spacial score (nSPS) is 11.3. The van der Waals surface area contributed by atoms with Crippen LogP contribution in [0.15, 0.2) is 23.8 Å². The van der Waals surface area contributed by atoms with Crippen LogP contribution in [0.25, 0.3) is 6.08 Å². The van der Waals surface area contributed by atoms with Gasteiger partial charge in [0.1, 0.15) is 5.75 Å². The van der Waals surface area contributed by atoms with Gasteiger partial charge in [0.05, 0.1) is 12.1 Å². The first-order chi connectivity index (χ1) is 7.06. The molecule has 0 radical (unpaired) electrons. The van der Waals surface area contributed by atoms with Crippen LogP contribution >= 0.6 is 11.6 Å². The van der Waals surface area contributed by atoms with Crippen molar-refractivity contribution in [3.05, 3.63) is 34.4 Å². The van der Waals surface area contributed by atoms with Gasteiger partial charge in [-0.1, -0.05) is 17.7 Å². The van der Waals surface area contributed by atoms with E-state index in [9.17, 15) is 4.79 Å². The van der Waals surface area contributed by atoms with Gasteiger partial charge in [0, 0.05) is 11.1 Å². The lowest BCUT2D eigenvalue weighted by Crippen LogP contribution is -1.96. The summed E-state index contributed by atoms with van der Waals surface area (Å²) < 4.78 is 5.08. The summed E-state index contributed by atoms with van der Waals surface area (Å²) in [6.07, 6.45) is 1.49. The van der Waals surface area contributed by atoms with Crippen molar-refractivity contribution in [3.8, 4) is 5.75 Å². The average Bonchev–Trinajstić information content (AvgIpc) is 2.20. The quantitative estimate of drug-likeness (QED) is 0.807. The molecule has 0 amide bonds. The van der Waals surface area contributed by atoms with E-state index in [2.05, 4.69) is 0 Å². The molecule has 0 aliphatic rings. The number of hydrogen-bond acceptors (Lipinski definition) is 2. The summed E-state index contributed by atoms with van der Waals surface area (Å²) in [6, 6.07) is 5.16. The molecule has 0 saturated heterocycles. The summed E-state index contributed by atoms with van der Waals surface area (Å²) in [5.74, 6) is -0.417. The molecule has 0 aromatic heterocycles. The van der Waals surface area contributed by atoms with Crippen LogP contribution in [0, 0.1) is 0 Å². The fourth-order valence-corrected chi connectivity index (χ4v) is 1.33. The van der Waals surface area contributed by atoms with Crippen LogP contribution in [0.5, 0.6) is 5.75 Å². The minimum Gasteiger partial charge on any atom is -0.496 e. The third-order valence-corrected chi connectivity index (χ3v) is 2.26. The largest absolute Gasteiger partial charge is 0.496 e. The summed E-state index contributed by atoms with van der Waals surface area (Å²) in [6.45, 7) is 1.51. The van der Waals surface area contributed by atoms with Crippen molar-refractivity contribution >= 4 is 23.6 Å². The molecule has 0 spiro atoms. The van der Waals surface area contributed by atoms with Crippen LogP contribution < -0.4 is 4.74 Å². The first-order valence-electron chi connectivity index (χ1n) is 4.30. The Balaban J connectivity index is 3.24. The molecule has 15 heavy (non-hydrogen) atoms. The van der Waals surface area contributed by atoms with Crippen molar-refractivity contribution in [1.29, 1.82) is 0 Å². The average molecular weight is 227 g/mol. The highest BCUT2D eigenvalue weighted by atomic mass is 35.5.